The summed E-state index contributed by atoms with van der Waals surface area (Å²) >= 11 is 0. The topological polar surface area (TPSA) is 54.4 Å². The molecule has 1 N–H and O–H groups in total. The molecule has 0 spiro atoms. The minimum Gasteiger partial charge on any atom is -0.282 e. The second-order valence-electron chi connectivity index (χ2n) is 1.79. The molecule has 0 saturated heterocycles. The van der Waals surface area contributed by atoms with Gasteiger partial charge in [0.2, 0.25) is 0 Å². The molecule has 5 heteroatoms. The molecule has 0 aliphatic rings. The Bertz CT molecular complexity index is 306. The van der Waals surface area contributed by atoms with Gasteiger partial charge in [0.05, 0.1) is 4.90 Å². The second-order valence-corrected chi connectivity index (χ2v) is 3.21. The number of halogens is 1. The van der Waals surface area contributed by atoms with E-state index in [0.29, 0.717) is 0 Å². The molecule has 0 amide bonds. The van der Waals surface area contributed by atoms with Crippen molar-refractivity contribution in [1.29, 1.82) is 0 Å². The van der Waals surface area contributed by atoms with Gasteiger partial charge in [0.25, 0.3) is 10.1 Å². The first-order valence-electron chi connectivity index (χ1n) is 2.63. The Morgan fingerprint density at radius 2 is 1.55 bits per heavy atom. The van der Waals surface area contributed by atoms with Crippen LogP contribution < -0.4 is 0 Å². The monoisotopic (exact) mass is 286 g/mol. The summed E-state index contributed by atoms with van der Waals surface area (Å²) in [6, 6.07) is 7.42. The van der Waals surface area contributed by atoms with Gasteiger partial charge in [0.15, 0.2) is 0 Å². The summed E-state index contributed by atoms with van der Waals surface area (Å²) < 4.78 is 29.2. The first kappa shape index (κ1) is 10.9. The van der Waals surface area contributed by atoms with Gasteiger partial charge in [-0.15, -0.1) is 24.0 Å². The van der Waals surface area contributed by atoms with Crippen molar-refractivity contribution in [3.8, 4) is 0 Å². The highest BCUT2D eigenvalue weighted by molar-refractivity contribution is 14.0. The van der Waals surface area contributed by atoms with Crippen molar-refractivity contribution in [3.05, 3.63) is 30.3 Å². The molecule has 1 aromatic rings. The molecular weight excluding hydrogens is 279 g/mol. The first-order chi connectivity index (χ1) is 4.61. The van der Waals surface area contributed by atoms with Crippen molar-refractivity contribution in [3.63, 3.8) is 0 Å². The summed E-state index contributed by atoms with van der Waals surface area (Å²) in [6.07, 6.45) is 0. The van der Waals surface area contributed by atoms with Crippen LogP contribution in [-0.4, -0.2) is 13.0 Å². The lowest BCUT2D eigenvalue weighted by Gasteiger charge is -1.92. The molecule has 0 aliphatic heterocycles. The van der Waals surface area contributed by atoms with Gasteiger partial charge in [-0.3, -0.25) is 4.55 Å². The van der Waals surface area contributed by atoms with Gasteiger partial charge in [-0.2, -0.15) is 8.42 Å². The van der Waals surface area contributed by atoms with Crippen molar-refractivity contribution < 1.29 is 13.0 Å². The summed E-state index contributed by atoms with van der Waals surface area (Å²) in [5, 5.41) is 0. The lowest BCUT2D eigenvalue weighted by atomic mass is 10.4. The fourth-order valence-electron chi connectivity index (χ4n) is 0.592. The van der Waals surface area contributed by atoms with E-state index in [1.807, 2.05) is 0 Å². The SMILES string of the molecule is I.O=S(=O)(O)c1ccccc1. The molecule has 62 valence electrons. The Morgan fingerprint density at radius 3 is 1.82 bits per heavy atom. The van der Waals surface area contributed by atoms with Gasteiger partial charge in [-0.05, 0) is 12.1 Å². The fraction of sp³-hybridized carbons (Fsp3) is 0. The van der Waals surface area contributed by atoms with Crippen LogP contribution in [-0.2, 0) is 10.1 Å². The van der Waals surface area contributed by atoms with Crippen LogP contribution >= 0.6 is 24.0 Å². The summed E-state index contributed by atoms with van der Waals surface area (Å²) in [5.41, 5.74) is 0. The minimum absolute atomic E-state index is 0. The Kier molecular flexibility index (Phi) is 3.98. The average Bonchev–Trinajstić information content (AvgIpc) is 1.88. The molecule has 0 aromatic heterocycles. The lowest BCUT2D eigenvalue weighted by molar-refractivity contribution is 0.483. The van der Waals surface area contributed by atoms with Crippen molar-refractivity contribution in [1.82, 2.24) is 0 Å². The molecule has 0 aliphatic carbocycles. The van der Waals surface area contributed by atoms with E-state index in [2.05, 4.69) is 0 Å². The molecule has 0 bridgehead atoms. The standard InChI is InChI=1S/C6H6O3S.HI/c7-10(8,9)6-4-2-1-3-5-6;/h1-5H,(H,7,8,9);1H. The first-order valence-corrected chi connectivity index (χ1v) is 4.07. The maximum atomic E-state index is 10.4. The third-order valence-electron chi connectivity index (χ3n) is 1.04. The van der Waals surface area contributed by atoms with E-state index in [-0.39, 0.29) is 28.9 Å². The third-order valence-corrected chi connectivity index (χ3v) is 1.91. The molecule has 0 fully saturated rings. The molecule has 0 saturated carbocycles. The van der Waals surface area contributed by atoms with Crippen LogP contribution in [0, 0.1) is 0 Å². The van der Waals surface area contributed by atoms with Crippen LogP contribution in [0.4, 0.5) is 0 Å². The highest BCUT2D eigenvalue weighted by Crippen LogP contribution is 2.05. The van der Waals surface area contributed by atoms with E-state index in [4.69, 9.17) is 4.55 Å². The number of hydrogen-bond acceptors (Lipinski definition) is 2. The maximum absolute atomic E-state index is 10.4. The Hall–Kier alpha value is -0.140. The second kappa shape index (κ2) is 4.03. The van der Waals surface area contributed by atoms with E-state index in [9.17, 15) is 8.42 Å². The summed E-state index contributed by atoms with van der Waals surface area (Å²) in [7, 11) is -4.00. The molecule has 1 rings (SSSR count). The van der Waals surface area contributed by atoms with E-state index in [1.54, 1.807) is 18.2 Å². The number of rotatable bonds is 1. The summed E-state index contributed by atoms with van der Waals surface area (Å²) in [5.74, 6) is 0. The molecular formula is C6H7IO3S. The van der Waals surface area contributed by atoms with Gasteiger partial charge in [0, 0.05) is 0 Å². The zero-order valence-corrected chi connectivity index (χ0v) is 8.61. The Labute approximate surface area is 82.2 Å². The highest BCUT2D eigenvalue weighted by Gasteiger charge is 2.05. The van der Waals surface area contributed by atoms with Crippen molar-refractivity contribution in [2.45, 2.75) is 4.90 Å². The van der Waals surface area contributed by atoms with Gasteiger partial charge < -0.3 is 0 Å². The largest absolute Gasteiger partial charge is 0.294 e. The van der Waals surface area contributed by atoms with E-state index in [0.717, 1.165) is 0 Å². The zero-order chi connectivity index (χ0) is 7.61. The molecule has 0 atom stereocenters. The van der Waals surface area contributed by atoms with Gasteiger partial charge in [0.1, 0.15) is 0 Å². The Balaban J connectivity index is 0.000001000. The van der Waals surface area contributed by atoms with Crippen LogP contribution in [0.1, 0.15) is 0 Å². The van der Waals surface area contributed by atoms with E-state index in [1.165, 1.54) is 12.1 Å². The fourth-order valence-corrected chi connectivity index (χ4v) is 1.09. The van der Waals surface area contributed by atoms with Crippen molar-refractivity contribution in [2.24, 2.45) is 0 Å². The van der Waals surface area contributed by atoms with Gasteiger partial charge in [-0.1, -0.05) is 18.2 Å². The predicted octanol–water partition coefficient (Wildman–Crippen LogP) is 1.55. The predicted molar refractivity (Wildman–Crippen MR) is 51.7 cm³/mol. The molecule has 0 heterocycles. The molecule has 1 aromatic carbocycles. The highest BCUT2D eigenvalue weighted by atomic mass is 127. The summed E-state index contributed by atoms with van der Waals surface area (Å²) in [4.78, 5) is -0.0741. The number of benzene rings is 1. The van der Waals surface area contributed by atoms with Gasteiger partial charge in [-0.25, -0.2) is 0 Å². The summed E-state index contributed by atoms with van der Waals surface area (Å²) in [6.45, 7) is 0. The average molecular weight is 286 g/mol. The quantitative estimate of drug-likeness (QED) is 0.629. The smallest absolute Gasteiger partial charge is 0.282 e. The molecule has 0 unspecified atom stereocenters. The molecule has 0 radical (unpaired) electrons. The van der Waals surface area contributed by atoms with Crippen molar-refractivity contribution in [2.75, 3.05) is 0 Å². The molecule has 11 heavy (non-hydrogen) atoms. The lowest BCUT2D eigenvalue weighted by Crippen LogP contribution is -1.96. The van der Waals surface area contributed by atoms with Crippen LogP contribution in [0.2, 0.25) is 0 Å². The van der Waals surface area contributed by atoms with Crippen LogP contribution in [0.25, 0.3) is 0 Å². The normalized spacial score (nSPS) is 10.3. The van der Waals surface area contributed by atoms with Crippen molar-refractivity contribution >= 4 is 34.1 Å². The molecule has 3 nitrogen and oxygen atoms in total. The zero-order valence-electron chi connectivity index (χ0n) is 5.47. The van der Waals surface area contributed by atoms with E-state index < -0.39 is 10.1 Å². The van der Waals surface area contributed by atoms with Crippen LogP contribution in [0.3, 0.4) is 0 Å². The maximum Gasteiger partial charge on any atom is 0.294 e. The van der Waals surface area contributed by atoms with E-state index >= 15 is 0 Å². The van der Waals surface area contributed by atoms with Crippen LogP contribution in [0.15, 0.2) is 35.2 Å². The number of hydrogen-bond donors (Lipinski definition) is 1. The minimum atomic E-state index is -4.00. The Morgan fingerprint density at radius 1 is 1.09 bits per heavy atom. The van der Waals surface area contributed by atoms with Crippen LogP contribution in [0.5, 0.6) is 0 Å². The third kappa shape index (κ3) is 3.17. The van der Waals surface area contributed by atoms with Gasteiger partial charge >= 0.3 is 0 Å².